The first-order valence-electron chi connectivity index (χ1n) is 10.5. The number of carbonyl (C=O) groups excluding carboxylic acids is 1. The molecule has 1 unspecified atom stereocenters. The molecular weight excluding hydrogens is 384 g/mol. The van der Waals surface area contributed by atoms with E-state index in [2.05, 4.69) is 20.7 Å². The highest BCUT2D eigenvalue weighted by Gasteiger charge is 2.36. The lowest BCUT2D eigenvalue weighted by Gasteiger charge is -2.33. The summed E-state index contributed by atoms with van der Waals surface area (Å²) >= 11 is 0. The van der Waals surface area contributed by atoms with Crippen LogP contribution in [0.25, 0.3) is 11.3 Å². The van der Waals surface area contributed by atoms with Crippen molar-refractivity contribution >= 4 is 5.91 Å². The van der Waals surface area contributed by atoms with Gasteiger partial charge >= 0.3 is 0 Å². The SMILES string of the molecule is CC(OC1CCC1)c1nnc(C2CC(NC(=O)c3cc(-c4ccccc4)no3)C2)o1. The molecule has 1 aromatic carbocycles. The molecule has 2 aliphatic carbocycles. The van der Waals surface area contributed by atoms with Crippen molar-refractivity contribution in [1.82, 2.24) is 20.7 Å². The molecule has 156 valence electrons. The van der Waals surface area contributed by atoms with E-state index in [0.29, 0.717) is 23.6 Å². The lowest BCUT2D eigenvalue weighted by molar-refractivity contribution is -0.0553. The standard InChI is InChI=1S/C22H24N4O4/c1-13(28-17-8-5-9-17)21-24-25-22(29-21)15-10-16(11-15)23-20(27)19-12-18(26-30-19)14-6-3-2-4-7-14/h2-4,6-7,12-13,15-17H,5,8-11H2,1H3,(H,23,27). The van der Waals surface area contributed by atoms with Crippen LogP contribution in [0.4, 0.5) is 0 Å². The Morgan fingerprint density at radius 1 is 1.20 bits per heavy atom. The first-order valence-corrected chi connectivity index (χ1v) is 10.5. The second kappa shape index (κ2) is 8.02. The molecule has 2 aliphatic rings. The summed E-state index contributed by atoms with van der Waals surface area (Å²) < 4.78 is 16.9. The third-order valence-corrected chi connectivity index (χ3v) is 5.88. The molecule has 1 N–H and O–H groups in total. The van der Waals surface area contributed by atoms with E-state index in [4.69, 9.17) is 13.7 Å². The maximum Gasteiger partial charge on any atom is 0.290 e. The summed E-state index contributed by atoms with van der Waals surface area (Å²) in [7, 11) is 0. The minimum Gasteiger partial charge on any atom is -0.422 e. The van der Waals surface area contributed by atoms with Gasteiger partial charge in [0.25, 0.3) is 5.91 Å². The number of carbonyl (C=O) groups is 1. The zero-order chi connectivity index (χ0) is 20.5. The van der Waals surface area contributed by atoms with Crippen LogP contribution in [0, 0.1) is 0 Å². The molecule has 1 amide bonds. The smallest absolute Gasteiger partial charge is 0.290 e. The molecule has 2 fully saturated rings. The lowest BCUT2D eigenvalue weighted by Crippen LogP contribution is -2.43. The van der Waals surface area contributed by atoms with Crippen molar-refractivity contribution in [2.24, 2.45) is 0 Å². The summed E-state index contributed by atoms with van der Waals surface area (Å²) in [6.45, 7) is 1.94. The maximum absolute atomic E-state index is 12.5. The number of nitrogens with zero attached hydrogens (tertiary/aromatic N) is 3. The van der Waals surface area contributed by atoms with Crippen LogP contribution in [-0.2, 0) is 4.74 Å². The Hall–Kier alpha value is -3.00. The fourth-order valence-electron chi connectivity index (χ4n) is 3.75. The highest BCUT2D eigenvalue weighted by atomic mass is 16.5. The Morgan fingerprint density at radius 2 is 2.00 bits per heavy atom. The topological polar surface area (TPSA) is 103 Å². The van der Waals surface area contributed by atoms with E-state index in [-0.39, 0.29) is 29.7 Å². The van der Waals surface area contributed by atoms with Gasteiger partial charge in [0.05, 0.1) is 6.10 Å². The van der Waals surface area contributed by atoms with Crippen LogP contribution in [-0.4, -0.2) is 33.4 Å². The van der Waals surface area contributed by atoms with Crippen molar-refractivity contribution in [3.05, 3.63) is 53.9 Å². The second-order valence-corrected chi connectivity index (χ2v) is 8.09. The van der Waals surface area contributed by atoms with Gasteiger partial charge in [-0.15, -0.1) is 10.2 Å². The average molecular weight is 408 g/mol. The Kier molecular flexibility index (Phi) is 5.08. The Morgan fingerprint density at radius 3 is 2.73 bits per heavy atom. The fraction of sp³-hybridized carbons (Fsp3) is 0.455. The molecular formula is C22H24N4O4. The largest absolute Gasteiger partial charge is 0.422 e. The molecule has 30 heavy (non-hydrogen) atoms. The molecule has 0 aliphatic heterocycles. The number of aromatic nitrogens is 3. The van der Waals surface area contributed by atoms with Gasteiger partial charge in [-0.25, -0.2) is 0 Å². The first-order chi connectivity index (χ1) is 14.7. The van der Waals surface area contributed by atoms with Crippen LogP contribution in [0.1, 0.15) is 73.4 Å². The van der Waals surface area contributed by atoms with Crippen LogP contribution in [0.2, 0.25) is 0 Å². The average Bonchev–Trinajstić information content (AvgIpc) is 3.37. The monoisotopic (exact) mass is 408 g/mol. The number of benzene rings is 1. The van der Waals surface area contributed by atoms with Crippen molar-refractivity contribution in [2.75, 3.05) is 0 Å². The Labute approximate surface area is 174 Å². The van der Waals surface area contributed by atoms with E-state index in [9.17, 15) is 4.79 Å². The number of nitrogens with one attached hydrogen (secondary N) is 1. The van der Waals surface area contributed by atoms with Gasteiger partial charge in [0.2, 0.25) is 17.5 Å². The number of hydrogen-bond donors (Lipinski definition) is 1. The third-order valence-electron chi connectivity index (χ3n) is 5.88. The van der Waals surface area contributed by atoms with E-state index in [0.717, 1.165) is 31.2 Å². The lowest BCUT2D eigenvalue weighted by atomic mass is 9.80. The number of amides is 1. The van der Waals surface area contributed by atoms with Gasteiger partial charge in [-0.3, -0.25) is 4.79 Å². The highest BCUT2D eigenvalue weighted by molar-refractivity contribution is 5.92. The van der Waals surface area contributed by atoms with Crippen molar-refractivity contribution in [2.45, 2.75) is 63.2 Å². The molecule has 8 heteroatoms. The van der Waals surface area contributed by atoms with Gasteiger partial charge in [-0.05, 0) is 39.0 Å². The van der Waals surface area contributed by atoms with Crippen molar-refractivity contribution in [3.8, 4) is 11.3 Å². The molecule has 2 heterocycles. The van der Waals surface area contributed by atoms with E-state index < -0.39 is 0 Å². The fourth-order valence-corrected chi connectivity index (χ4v) is 3.75. The minimum absolute atomic E-state index is 0.0479. The van der Waals surface area contributed by atoms with Gasteiger partial charge in [-0.2, -0.15) is 0 Å². The van der Waals surface area contributed by atoms with E-state index in [1.54, 1.807) is 6.07 Å². The summed E-state index contributed by atoms with van der Waals surface area (Å²) in [6, 6.07) is 11.3. The van der Waals surface area contributed by atoms with Crippen LogP contribution in [0.5, 0.6) is 0 Å². The Balaban J connectivity index is 1.12. The van der Waals surface area contributed by atoms with Crippen LogP contribution in [0.3, 0.4) is 0 Å². The third kappa shape index (κ3) is 3.87. The van der Waals surface area contributed by atoms with Gasteiger partial charge < -0.3 is 19.0 Å². The summed E-state index contributed by atoms with van der Waals surface area (Å²) in [5.41, 5.74) is 1.55. The van der Waals surface area contributed by atoms with Crippen molar-refractivity contribution in [1.29, 1.82) is 0 Å². The molecule has 2 aromatic heterocycles. The quantitative estimate of drug-likeness (QED) is 0.629. The maximum atomic E-state index is 12.5. The molecule has 5 rings (SSSR count). The Bertz CT molecular complexity index is 1010. The highest BCUT2D eigenvalue weighted by Crippen LogP contribution is 2.37. The van der Waals surface area contributed by atoms with Crippen LogP contribution < -0.4 is 5.32 Å². The van der Waals surface area contributed by atoms with E-state index in [1.165, 1.54) is 6.42 Å². The predicted octanol–water partition coefficient (Wildman–Crippen LogP) is 4.03. The minimum atomic E-state index is -0.262. The zero-order valence-electron chi connectivity index (χ0n) is 16.8. The molecule has 0 spiro atoms. The molecule has 1 atom stereocenters. The van der Waals surface area contributed by atoms with Crippen LogP contribution in [0.15, 0.2) is 45.3 Å². The van der Waals surface area contributed by atoms with Gasteiger partial charge in [0.1, 0.15) is 11.8 Å². The molecule has 8 nitrogen and oxygen atoms in total. The molecule has 2 saturated carbocycles. The van der Waals surface area contributed by atoms with Crippen LogP contribution >= 0.6 is 0 Å². The summed E-state index contributed by atoms with van der Waals surface area (Å²) in [5.74, 6) is 1.24. The van der Waals surface area contributed by atoms with E-state index in [1.807, 2.05) is 37.3 Å². The second-order valence-electron chi connectivity index (χ2n) is 8.09. The number of rotatable bonds is 7. The van der Waals surface area contributed by atoms with Crippen molar-refractivity contribution < 1.29 is 18.5 Å². The molecule has 0 saturated heterocycles. The predicted molar refractivity (Wildman–Crippen MR) is 107 cm³/mol. The normalized spacial score (nSPS) is 22.2. The van der Waals surface area contributed by atoms with Crippen molar-refractivity contribution in [3.63, 3.8) is 0 Å². The van der Waals surface area contributed by atoms with E-state index >= 15 is 0 Å². The van der Waals surface area contributed by atoms with Gasteiger partial charge in [-0.1, -0.05) is 35.5 Å². The van der Waals surface area contributed by atoms with Gasteiger partial charge in [0.15, 0.2) is 0 Å². The first kappa shape index (κ1) is 19.0. The summed E-state index contributed by atoms with van der Waals surface area (Å²) in [5, 5.41) is 15.3. The molecule has 3 aromatic rings. The number of hydrogen-bond acceptors (Lipinski definition) is 7. The van der Waals surface area contributed by atoms with Gasteiger partial charge in [0, 0.05) is 23.6 Å². The number of ether oxygens (including phenoxy) is 1. The zero-order valence-corrected chi connectivity index (χ0v) is 16.8. The summed E-state index contributed by atoms with van der Waals surface area (Å²) in [4.78, 5) is 12.5. The summed E-state index contributed by atoms with van der Waals surface area (Å²) in [6.07, 6.45) is 5.08. The molecule has 0 radical (unpaired) electrons. The molecule has 0 bridgehead atoms.